The molecule has 6 heteroatoms. The molecule has 18 heavy (non-hydrogen) atoms. The van der Waals surface area contributed by atoms with Gasteiger partial charge >= 0.3 is 0 Å². The van der Waals surface area contributed by atoms with Gasteiger partial charge in [-0.2, -0.15) is 5.10 Å². The van der Waals surface area contributed by atoms with E-state index in [2.05, 4.69) is 22.7 Å². The molecule has 1 fully saturated rings. The number of carbonyl (C=O) groups is 1. The molecule has 1 aromatic heterocycles. The van der Waals surface area contributed by atoms with Gasteiger partial charge in [0.1, 0.15) is 0 Å². The van der Waals surface area contributed by atoms with Crippen LogP contribution in [0.25, 0.3) is 0 Å². The number of carbonyl (C=O) groups excluding carboxylic acids is 1. The molecular weight excluding hydrogens is 252 g/mol. The molecule has 1 saturated heterocycles. The first-order valence-electron chi connectivity index (χ1n) is 6.04. The fourth-order valence-corrected chi connectivity index (χ4v) is 2.17. The normalized spacial score (nSPS) is 17.9. The molecule has 0 spiro atoms. The molecule has 0 aliphatic carbocycles. The van der Waals surface area contributed by atoms with Crippen LogP contribution in [0.2, 0.25) is 0 Å². The Morgan fingerprint density at radius 2 is 2.11 bits per heavy atom. The third-order valence-electron chi connectivity index (χ3n) is 3.60. The molecule has 2 heterocycles. The summed E-state index contributed by atoms with van der Waals surface area (Å²) < 4.78 is 1.72. The lowest BCUT2D eigenvalue weighted by atomic mass is 9.90. The predicted octanol–water partition coefficient (Wildman–Crippen LogP) is 1.02. The Bertz CT molecular complexity index is 424. The minimum atomic E-state index is -0.0926. The molecule has 0 saturated carbocycles. The maximum Gasteiger partial charge on any atom is 0.255 e. The van der Waals surface area contributed by atoms with Gasteiger partial charge in [0.2, 0.25) is 0 Å². The van der Waals surface area contributed by atoms with Crippen LogP contribution < -0.4 is 10.6 Å². The topological polar surface area (TPSA) is 59.0 Å². The molecule has 1 amide bonds. The quantitative estimate of drug-likeness (QED) is 0.845. The van der Waals surface area contributed by atoms with Crippen LogP contribution in [0.5, 0.6) is 0 Å². The highest BCUT2D eigenvalue weighted by Gasteiger charge is 2.29. The van der Waals surface area contributed by atoms with Crippen LogP contribution in [0.1, 0.15) is 35.8 Å². The predicted molar refractivity (Wildman–Crippen MR) is 73.2 cm³/mol. The van der Waals surface area contributed by atoms with Crippen LogP contribution in [0.3, 0.4) is 0 Å². The first-order valence-corrected chi connectivity index (χ1v) is 6.04. The second-order valence-electron chi connectivity index (χ2n) is 5.03. The van der Waals surface area contributed by atoms with Gasteiger partial charge in [0, 0.05) is 18.3 Å². The third-order valence-corrected chi connectivity index (χ3v) is 3.60. The van der Waals surface area contributed by atoms with Gasteiger partial charge in [-0.15, -0.1) is 12.4 Å². The van der Waals surface area contributed by atoms with Gasteiger partial charge in [-0.1, -0.05) is 0 Å². The maximum atomic E-state index is 12.2. The zero-order valence-corrected chi connectivity index (χ0v) is 11.9. The maximum absolute atomic E-state index is 12.2. The summed E-state index contributed by atoms with van der Waals surface area (Å²) in [5, 5.41) is 10.5. The van der Waals surface area contributed by atoms with Gasteiger partial charge < -0.3 is 10.6 Å². The lowest BCUT2D eigenvalue weighted by molar-refractivity contribution is 0.0887. The number of rotatable bonds is 2. The SMILES string of the molecule is Cc1c(C(=O)NC2(C)CCNCC2)cnn1C.Cl. The van der Waals surface area contributed by atoms with Crippen molar-refractivity contribution in [3.05, 3.63) is 17.5 Å². The minimum Gasteiger partial charge on any atom is -0.347 e. The highest BCUT2D eigenvalue weighted by molar-refractivity contribution is 5.95. The lowest BCUT2D eigenvalue weighted by Gasteiger charge is -2.34. The summed E-state index contributed by atoms with van der Waals surface area (Å²) in [7, 11) is 1.85. The number of halogens is 1. The van der Waals surface area contributed by atoms with Crippen molar-refractivity contribution in [2.45, 2.75) is 32.2 Å². The Balaban J connectivity index is 0.00000162. The van der Waals surface area contributed by atoms with Gasteiger partial charge in [-0.25, -0.2) is 0 Å². The van der Waals surface area contributed by atoms with E-state index < -0.39 is 0 Å². The minimum absolute atomic E-state index is 0. The molecule has 1 aromatic rings. The second kappa shape index (κ2) is 5.71. The Morgan fingerprint density at radius 1 is 1.50 bits per heavy atom. The molecular formula is C12H21ClN4O. The van der Waals surface area contributed by atoms with E-state index in [0.717, 1.165) is 31.6 Å². The van der Waals surface area contributed by atoms with E-state index >= 15 is 0 Å². The van der Waals surface area contributed by atoms with Crippen molar-refractivity contribution in [2.75, 3.05) is 13.1 Å². The van der Waals surface area contributed by atoms with Crippen molar-refractivity contribution in [2.24, 2.45) is 7.05 Å². The van der Waals surface area contributed by atoms with Gasteiger partial charge in [0.15, 0.2) is 0 Å². The molecule has 102 valence electrons. The van der Waals surface area contributed by atoms with E-state index in [1.165, 1.54) is 0 Å². The van der Waals surface area contributed by atoms with E-state index in [1.54, 1.807) is 10.9 Å². The summed E-state index contributed by atoms with van der Waals surface area (Å²) in [4.78, 5) is 12.2. The van der Waals surface area contributed by atoms with Crippen molar-refractivity contribution in [3.8, 4) is 0 Å². The highest BCUT2D eigenvalue weighted by Crippen LogP contribution is 2.18. The summed E-state index contributed by atoms with van der Waals surface area (Å²) in [6, 6.07) is 0. The molecule has 0 aromatic carbocycles. The molecule has 5 nitrogen and oxygen atoms in total. The average molecular weight is 273 g/mol. The van der Waals surface area contributed by atoms with Crippen LogP contribution in [-0.4, -0.2) is 34.3 Å². The first kappa shape index (κ1) is 15.0. The van der Waals surface area contributed by atoms with Gasteiger partial charge in [-0.3, -0.25) is 9.48 Å². The first-order chi connectivity index (χ1) is 8.02. The van der Waals surface area contributed by atoms with Crippen molar-refractivity contribution in [1.82, 2.24) is 20.4 Å². The fraction of sp³-hybridized carbons (Fsp3) is 0.667. The number of aromatic nitrogens is 2. The fourth-order valence-electron chi connectivity index (χ4n) is 2.17. The molecule has 2 N–H and O–H groups in total. The molecule has 2 rings (SSSR count). The average Bonchev–Trinajstić information content (AvgIpc) is 2.60. The lowest BCUT2D eigenvalue weighted by Crippen LogP contribution is -2.52. The summed E-state index contributed by atoms with van der Waals surface area (Å²) in [5.41, 5.74) is 1.48. The Hall–Kier alpha value is -1.07. The number of piperidine rings is 1. The van der Waals surface area contributed by atoms with Gasteiger partial charge in [0.25, 0.3) is 5.91 Å². The van der Waals surface area contributed by atoms with Gasteiger partial charge in [-0.05, 0) is 39.8 Å². The summed E-state index contributed by atoms with van der Waals surface area (Å²) in [6.45, 7) is 5.94. The van der Waals surface area contributed by atoms with Crippen LogP contribution >= 0.6 is 12.4 Å². The monoisotopic (exact) mass is 272 g/mol. The van der Waals surface area contributed by atoms with Crippen molar-refractivity contribution in [1.29, 1.82) is 0 Å². The molecule has 0 unspecified atom stereocenters. The number of aryl methyl sites for hydroxylation is 1. The van der Waals surface area contributed by atoms with E-state index in [9.17, 15) is 4.79 Å². The largest absolute Gasteiger partial charge is 0.347 e. The molecule has 1 aliphatic heterocycles. The molecule has 0 bridgehead atoms. The van der Waals surface area contributed by atoms with E-state index in [-0.39, 0.29) is 23.9 Å². The second-order valence-corrected chi connectivity index (χ2v) is 5.03. The number of nitrogens with zero attached hydrogens (tertiary/aromatic N) is 2. The summed E-state index contributed by atoms with van der Waals surface area (Å²) >= 11 is 0. The smallest absolute Gasteiger partial charge is 0.255 e. The summed E-state index contributed by atoms with van der Waals surface area (Å²) in [6.07, 6.45) is 3.57. The Labute approximate surface area is 114 Å². The Kier molecular flexibility index (Phi) is 4.76. The molecule has 0 atom stereocenters. The van der Waals surface area contributed by atoms with Crippen molar-refractivity contribution in [3.63, 3.8) is 0 Å². The van der Waals surface area contributed by atoms with E-state index in [4.69, 9.17) is 0 Å². The molecule has 0 radical (unpaired) electrons. The highest BCUT2D eigenvalue weighted by atomic mass is 35.5. The molecule has 1 aliphatic rings. The summed E-state index contributed by atoms with van der Waals surface area (Å²) in [5.74, 6) is -0.0139. The van der Waals surface area contributed by atoms with Gasteiger partial charge in [0.05, 0.1) is 11.8 Å². The standard InChI is InChI=1S/C12H20N4O.ClH/c1-9-10(8-14-16(9)3)11(17)15-12(2)4-6-13-7-5-12;/h8,13H,4-7H2,1-3H3,(H,15,17);1H. The third kappa shape index (κ3) is 3.03. The van der Waals surface area contributed by atoms with E-state index in [0.29, 0.717) is 5.56 Å². The van der Waals surface area contributed by atoms with Crippen LogP contribution in [-0.2, 0) is 7.05 Å². The number of hydrogen-bond donors (Lipinski definition) is 2. The van der Waals surface area contributed by atoms with E-state index in [1.807, 2.05) is 14.0 Å². The van der Waals surface area contributed by atoms with Crippen LogP contribution in [0.15, 0.2) is 6.20 Å². The van der Waals surface area contributed by atoms with Crippen LogP contribution in [0, 0.1) is 6.92 Å². The zero-order valence-electron chi connectivity index (χ0n) is 11.1. The Morgan fingerprint density at radius 3 is 2.61 bits per heavy atom. The zero-order chi connectivity index (χ0) is 12.5. The number of hydrogen-bond acceptors (Lipinski definition) is 3. The van der Waals surface area contributed by atoms with Crippen molar-refractivity contribution >= 4 is 18.3 Å². The number of nitrogens with one attached hydrogen (secondary N) is 2. The number of amides is 1. The van der Waals surface area contributed by atoms with Crippen LogP contribution in [0.4, 0.5) is 0 Å². The van der Waals surface area contributed by atoms with Crippen molar-refractivity contribution < 1.29 is 4.79 Å².